The molecule has 7 heteroatoms. The molecule has 1 atom stereocenters. The molecule has 0 heterocycles. The molecule has 2 amide bonds. The molecule has 2 aromatic carbocycles. The van der Waals surface area contributed by atoms with E-state index in [-0.39, 0.29) is 40.7 Å². The maximum atomic E-state index is 14.6. The Morgan fingerprint density at radius 2 is 1.93 bits per heavy atom. The van der Waals surface area contributed by atoms with E-state index in [9.17, 15) is 23.9 Å². The molecule has 0 radical (unpaired) electrons. The summed E-state index contributed by atoms with van der Waals surface area (Å²) in [5, 5.41) is 14.8. The molecule has 3 rings (SSSR count). The van der Waals surface area contributed by atoms with E-state index in [1.165, 1.54) is 25.1 Å². The number of amides is 2. The highest BCUT2D eigenvalue weighted by atomic mass is 19.1. The van der Waals surface area contributed by atoms with Gasteiger partial charge in [-0.05, 0) is 61.6 Å². The van der Waals surface area contributed by atoms with E-state index in [2.05, 4.69) is 10.6 Å². The second-order valence-corrected chi connectivity index (χ2v) is 7.36. The Morgan fingerprint density at radius 3 is 2.55 bits per heavy atom. The largest absolute Gasteiger partial charge is 0.392 e. The van der Waals surface area contributed by atoms with Crippen LogP contribution in [0.5, 0.6) is 0 Å². The number of carbonyl (C=O) groups is 3. The third kappa shape index (κ3) is 4.86. The van der Waals surface area contributed by atoms with E-state index in [1.807, 2.05) is 0 Å². The fraction of sp³-hybridized carbons (Fsp3) is 0.318. The van der Waals surface area contributed by atoms with E-state index in [0.29, 0.717) is 17.4 Å². The third-order valence-electron chi connectivity index (χ3n) is 4.79. The van der Waals surface area contributed by atoms with Crippen molar-refractivity contribution in [2.45, 2.75) is 38.8 Å². The first-order chi connectivity index (χ1) is 13.8. The predicted molar refractivity (Wildman–Crippen MR) is 106 cm³/mol. The molecule has 1 aliphatic carbocycles. The summed E-state index contributed by atoms with van der Waals surface area (Å²) in [7, 11) is 0. The van der Waals surface area contributed by atoms with Gasteiger partial charge in [0.2, 0.25) is 0 Å². The Hall–Kier alpha value is -3.06. The summed E-state index contributed by atoms with van der Waals surface area (Å²) in [6.45, 7) is 3.13. The first kappa shape index (κ1) is 20.7. The van der Waals surface area contributed by atoms with Crippen molar-refractivity contribution in [1.29, 1.82) is 0 Å². The van der Waals surface area contributed by atoms with Gasteiger partial charge in [0.25, 0.3) is 11.8 Å². The SMILES string of the molecule is Cc1c(F)cc(C(=O)NC2CC2)cc1-c1ccc(C=O)cc1C(=O)NCC(C)O. The van der Waals surface area contributed by atoms with E-state index >= 15 is 0 Å². The van der Waals surface area contributed by atoms with Crippen LogP contribution in [0.25, 0.3) is 11.1 Å². The van der Waals surface area contributed by atoms with Crippen molar-refractivity contribution in [1.82, 2.24) is 10.6 Å². The summed E-state index contributed by atoms with van der Waals surface area (Å²) in [5.74, 6) is -1.42. The zero-order chi connectivity index (χ0) is 21.1. The lowest BCUT2D eigenvalue weighted by molar-refractivity contribution is 0.0923. The maximum absolute atomic E-state index is 14.6. The summed E-state index contributed by atoms with van der Waals surface area (Å²) in [6, 6.07) is 7.37. The summed E-state index contributed by atoms with van der Waals surface area (Å²) in [6.07, 6.45) is 1.69. The lowest BCUT2D eigenvalue weighted by atomic mass is 9.92. The van der Waals surface area contributed by atoms with Crippen molar-refractivity contribution in [3.8, 4) is 11.1 Å². The average Bonchev–Trinajstić information content (AvgIpc) is 3.51. The van der Waals surface area contributed by atoms with Crippen molar-refractivity contribution >= 4 is 18.1 Å². The van der Waals surface area contributed by atoms with Crippen LogP contribution in [-0.2, 0) is 0 Å². The van der Waals surface area contributed by atoms with Crippen molar-refractivity contribution < 1.29 is 23.9 Å². The van der Waals surface area contributed by atoms with Crippen molar-refractivity contribution in [3.05, 3.63) is 58.4 Å². The molecule has 2 aromatic rings. The number of aldehydes is 1. The zero-order valence-corrected chi connectivity index (χ0v) is 16.3. The molecular weight excluding hydrogens is 375 g/mol. The Bertz CT molecular complexity index is 968. The fourth-order valence-corrected chi connectivity index (χ4v) is 2.98. The molecule has 29 heavy (non-hydrogen) atoms. The number of hydrogen-bond donors (Lipinski definition) is 3. The normalized spacial score (nSPS) is 14.2. The van der Waals surface area contributed by atoms with Crippen LogP contribution >= 0.6 is 0 Å². The van der Waals surface area contributed by atoms with Gasteiger partial charge in [0.05, 0.1) is 6.10 Å². The minimum Gasteiger partial charge on any atom is -0.392 e. The Balaban J connectivity index is 2.06. The number of aliphatic hydroxyl groups is 1. The topological polar surface area (TPSA) is 95.5 Å². The summed E-state index contributed by atoms with van der Waals surface area (Å²) in [4.78, 5) is 36.3. The number of benzene rings is 2. The van der Waals surface area contributed by atoms with Crippen LogP contribution in [0, 0.1) is 12.7 Å². The first-order valence-electron chi connectivity index (χ1n) is 9.47. The van der Waals surface area contributed by atoms with E-state index < -0.39 is 17.8 Å². The van der Waals surface area contributed by atoms with E-state index in [1.54, 1.807) is 19.1 Å². The zero-order valence-electron chi connectivity index (χ0n) is 16.3. The molecule has 0 spiro atoms. The third-order valence-corrected chi connectivity index (χ3v) is 4.79. The van der Waals surface area contributed by atoms with Crippen molar-refractivity contribution in [2.24, 2.45) is 0 Å². The van der Waals surface area contributed by atoms with E-state index in [4.69, 9.17) is 0 Å². The van der Waals surface area contributed by atoms with Crippen LogP contribution in [-0.4, -0.2) is 41.9 Å². The van der Waals surface area contributed by atoms with Crippen LogP contribution in [0.3, 0.4) is 0 Å². The van der Waals surface area contributed by atoms with Gasteiger partial charge in [-0.2, -0.15) is 0 Å². The molecule has 0 saturated heterocycles. The number of halogens is 1. The van der Waals surface area contributed by atoms with Gasteiger partial charge in [-0.3, -0.25) is 14.4 Å². The number of hydrogen-bond acceptors (Lipinski definition) is 4. The molecule has 1 unspecified atom stereocenters. The highest BCUT2D eigenvalue weighted by molar-refractivity contribution is 6.03. The number of rotatable bonds is 7. The molecule has 0 bridgehead atoms. The van der Waals surface area contributed by atoms with Gasteiger partial charge >= 0.3 is 0 Å². The number of aliphatic hydroxyl groups excluding tert-OH is 1. The van der Waals surface area contributed by atoms with Crippen LogP contribution < -0.4 is 10.6 Å². The van der Waals surface area contributed by atoms with E-state index in [0.717, 1.165) is 12.8 Å². The van der Waals surface area contributed by atoms with Gasteiger partial charge in [0.1, 0.15) is 12.1 Å². The molecule has 1 aliphatic rings. The highest BCUT2D eigenvalue weighted by Gasteiger charge is 2.25. The maximum Gasteiger partial charge on any atom is 0.252 e. The summed E-state index contributed by atoms with van der Waals surface area (Å²) in [5.41, 5.74) is 1.71. The van der Waals surface area contributed by atoms with Crippen LogP contribution in [0.1, 0.15) is 56.4 Å². The van der Waals surface area contributed by atoms with Gasteiger partial charge in [-0.1, -0.05) is 12.1 Å². The van der Waals surface area contributed by atoms with Gasteiger partial charge in [-0.25, -0.2) is 4.39 Å². The molecule has 1 fully saturated rings. The fourth-order valence-electron chi connectivity index (χ4n) is 2.98. The first-order valence-corrected chi connectivity index (χ1v) is 9.47. The van der Waals surface area contributed by atoms with Crippen LogP contribution in [0.4, 0.5) is 4.39 Å². The van der Waals surface area contributed by atoms with Gasteiger partial charge in [0, 0.05) is 29.3 Å². The Labute approximate surface area is 168 Å². The lowest BCUT2D eigenvalue weighted by Crippen LogP contribution is -2.31. The second kappa shape index (κ2) is 8.53. The van der Waals surface area contributed by atoms with Crippen LogP contribution in [0.15, 0.2) is 30.3 Å². The lowest BCUT2D eigenvalue weighted by Gasteiger charge is -2.15. The molecule has 0 aliphatic heterocycles. The van der Waals surface area contributed by atoms with Gasteiger partial charge < -0.3 is 15.7 Å². The van der Waals surface area contributed by atoms with Crippen molar-refractivity contribution in [2.75, 3.05) is 6.54 Å². The second-order valence-electron chi connectivity index (χ2n) is 7.36. The monoisotopic (exact) mass is 398 g/mol. The highest BCUT2D eigenvalue weighted by Crippen LogP contribution is 2.31. The Morgan fingerprint density at radius 1 is 1.21 bits per heavy atom. The van der Waals surface area contributed by atoms with Gasteiger partial charge in [0.15, 0.2) is 0 Å². The Kier molecular flexibility index (Phi) is 6.08. The quantitative estimate of drug-likeness (QED) is 0.625. The molecule has 6 nitrogen and oxygen atoms in total. The minimum absolute atomic E-state index is 0.0285. The molecule has 0 aromatic heterocycles. The summed E-state index contributed by atoms with van der Waals surface area (Å²) < 4.78 is 14.6. The number of carbonyl (C=O) groups excluding carboxylic acids is 3. The smallest absolute Gasteiger partial charge is 0.252 e. The standard InChI is InChI=1S/C22H23FN2O4/c1-12(27)10-24-22(29)19-7-14(11-26)3-6-17(19)18-8-15(9-20(23)13(18)2)21(28)25-16-4-5-16/h3,6-9,11-12,16,27H,4-5,10H2,1-2H3,(H,24,29)(H,25,28). The molecule has 3 N–H and O–H groups in total. The minimum atomic E-state index is -0.745. The molecule has 152 valence electrons. The van der Waals surface area contributed by atoms with Crippen LogP contribution in [0.2, 0.25) is 0 Å². The number of nitrogens with one attached hydrogen (secondary N) is 2. The average molecular weight is 398 g/mol. The summed E-state index contributed by atoms with van der Waals surface area (Å²) >= 11 is 0. The predicted octanol–water partition coefficient (Wildman–Crippen LogP) is 2.62. The molecule has 1 saturated carbocycles. The molecular formula is C22H23FN2O4. The van der Waals surface area contributed by atoms with Gasteiger partial charge in [-0.15, -0.1) is 0 Å². The van der Waals surface area contributed by atoms with Crippen molar-refractivity contribution in [3.63, 3.8) is 0 Å².